The molecule has 2 aromatic rings. The van der Waals surface area contributed by atoms with Crippen LogP contribution in [0.4, 0.5) is 0 Å². The number of carbonyl (C=O) groups is 1. The molecule has 2 rings (SSSR count). The van der Waals surface area contributed by atoms with Crippen molar-refractivity contribution in [1.82, 2.24) is 5.32 Å². The van der Waals surface area contributed by atoms with E-state index >= 15 is 0 Å². The molecule has 0 aromatic heterocycles. The van der Waals surface area contributed by atoms with Gasteiger partial charge in [-0.05, 0) is 42.3 Å². The van der Waals surface area contributed by atoms with Gasteiger partial charge in [0.05, 0.1) is 19.2 Å². The van der Waals surface area contributed by atoms with E-state index < -0.39 is 5.91 Å². The number of methoxy groups -OCH3 is 2. The van der Waals surface area contributed by atoms with Gasteiger partial charge >= 0.3 is 0 Å². The molecule has 2 aromatic carbocycles. The summed E-state index contributed by atoms with van der Waals surface area (Å²) in [7, 11) is 3.18. The van der Waals surface area contributed by atoms with Crippen LogP contribution in [0.2, 0.25) is 5.02 Å². The van der Waals surface area contributed by atoms with E-state index in [9.17, 15) is 4.79 Å². The number of carbonyl (C=O) groups excluding carboxylic acids is 1. The van der Waals surface area contributed by atoms with Crippen LogP contribution in [0, 0.1) is 0 Å². The molecule has 0 spiro atoms. The maximum Gasteiger partial charge on any atom is 0.255 e. The number of amides is 1. The molecule has 140 valence electrons. The van der Waals surface area contributed by atoms with Gasteiger partial charge in [-0.15, -0.1) is 0 Å². The Morgan fingerprint density at radius 1 is 1.15 bits per heavy atom. The Hall–Kier alpha value is -2.44. The lowest BCUT2D eigenvalue weighted by molar-refractivity contribution is -0.119. The average Bonchev–Trinajstić information content (AvgIpc) is 2.64. The Balaban J connectivity index is 1.95. The second-order valence-corrected chi connectivity index (χ2v) is 6.01. The molecule has 6 nitrogen and oxygen atoms in total. The zero-order valence-electron chi connectivity index (χ0n) is 14.9. The topological polar surface area (TPSA) is 82.8 Å². The van der Waals surface area contributed by atoms with Crippen LogP contribution in [0.1, 0.15) is 11.1 Å². The molecule has 0 fully saturated rings. The van der Waals surface area contributed by atoms with E-state index in [1.54, 1.807) is 13.2 Å². The molecule has 1 amide bonds. The highest BCUT2D eigenvalue weighted by Crippen LogP contribution is 2.36. The predicted octanol–water partition coefficient (Wildman–Crippen LogP) is 2.55. The van der Waals surface area contributed by atoms with Gasteiger partial charge in [-0.25, -0.2) is 0 Å². The second kappa shape index (κ2) is 9.89. The first kappa shape index (κ1) is 19.9. The number of nitrogens with one attached hydrogen (secondary N) is 1. The number of para-hydroxylation sites is 1. The fourth-order valence-electron chi connectivity index (χ4n) is 2.52. The molecule has 0 aliphatic heterocycles. The minimum Gasteiger partial charge on any atom is -0.496 e. The first-order chi connectivity index (χ1) is 12.5. The number of primary amides is 1. The fourth-order valence-corrected chi connectivity index (χ4v) is 2.81. The van der Waals surface area contributed by atoms with E-state index in [2.05, 4.69) is 5.32 Å². The normalized spacial score (nSPS) is 10.4. The summed E-state index contributed by atoms with van der Waals surface area (Å²) in [5.74, 6) is 1.08. The van der Waals surface area contributed by atoms with Crippen LogP contribution in [0.15, 0.2) is 36.4 Å². The van der Waals surface area contributed by atoms with Gasteiger partial charge in [-0.2, -0.15) is 0 Å². The van der Waals surface area contributed by atoms with E-state index in [4.69, 9.17) is 31.5 Å². The third-order valence-electron chi connectivity index (χ3n) is 3.74. The van der Waals surface area contributed by atoms with Crippen molar-refractivity contribution < 1.29 is 19.0 Å². The van der Waals surface area contributed by atoms with E-state index in [0.29, 0.717) is 23.1 Å². The largest absolute Gasteiger partial charge is 0.496 e. The van der Waals surface area contributed by atoms with Crippen LogP contribution < -0.4 is 25.3 Å². The number of nitrogens with two attached hydrogens (primary N) is 1. The highest BCUT2D eigenvalue weighted by Gasteiger charge is 2.13. The zero-order valence-corrected chi connectivity index (χ0v) is 15.6. The highest BCUT2D eigenvalue weighted by atomic mass is 35.5. The smallest absolute Gasteiger partial charge is 0.255 e. The van der Waals surface area contributed by atoms with Gasteiger partial charge < -0.3 is 25.3 Å². The number of hydrogen-bond donors (Lipinski definition) is 2. The summed E-state index contributed by atoms with van der Waals surface area (Å²) in [5, 5.41) is 3.73. The van der Waals surface area contributed by atoms with Crippen molar-refractivity contribution in [1.29, 1.82) is 0 Å². The molecular formula is C19H23ClN2O4. The molecule has 0 heterocycles. The summed E-state index contributed by atoms with van der Waals surface area (Å²) >= 11 is 6.24. The van der Waals surface area contributed by atoms with Crippen LogP contribution in [0.25, 0.3) is 0 Å². The zero-order chi connectivity index (χ0) is 18.9. The van der Waals surface area contributed by atoms with E-state index in [0.717, 1.165) is 29.8 Å². The fraction of sp³-hybridized carbons (Fsp3) is 0.316. The third-order valence-corrected chi connectivity index (χ3v) is 4.02. The number of halogens is 1. The van der Waals surface area contributed by atoms with Crippen molar-refractivity contribution >= 4 is 17.5 Å². The molecule has 0 radical (unpaired) electrons. The Morgan fingerprint density at radius 3 is 2.58 bits per heavy atom. The van der Waals surface area contributed by atoms with Crippen LogP contribution >= 0.6 is 11.6 Å². The van der Waals surface area contributed by atoms with Gasteiger partial charge in [-0.3, -0.25) is 4.79 Å². The summed E-state index contributed by atoms with van der Waals surface area (Å²) in [6.07, 6.45) is 0.842. The lowest BCUT2D eigenvalue weighted by Crippen LogP contribution is -2.20. The van der Waals surface area contributed by atoms with Crippen molar-refractivity contribution in [2.75, 3.05) is 27.4 Å². The summed E-state index contributed by atoms with van der Waals surface area (Å²) in [6.45, 7) is 1.13. The van der Waals surface area contributed by atoms with Gasteiger partial charge in [0.2, 0.25) is 0 Å². The van der Waals surface area contributed by atoms with E-state index in [1.807, 2.05) is 30.3 Å². The van der Waals surface area contributed by atoms with E-state index in [-0.39, 0.29) is 6.61 Å². The van der Waals surface area contributed by atoms with Crippen molar-refractivity contribution in [3.05, 3.63) is 52.5 Å². The Kier molecular flexibility index (Phi) is 7.56. The predicted molar refractivity (Wildman–Crippen MR) is 101 cm³/mol. The molecule has 0 unspecified atom stereocenters. The molecule has 0 atom stereocenters. The summed E-state index contributed by atoms with van der Waals surface area (Å²) in [4.78, 5) is 10.9. The Morgan fingerprint density at radius 2 is 1.88 bits per heavy atom. The molecule has 26 heavy (non-hydrogen) atoms. The standard InChI is InChI=1S/C19H23ClN2O4/c1-24-16-6-4-3-5-14(16)7-8-22-11-13-9-15(20)19(17(10-13)25-2)26-12-18(21)23/h3-6,9-10,22H,7-8,11-12H2,1-2H3,(H2,21,23). The van der Waals surface area contributed by atoms with Gasteiger partial charge in [0.25, 0.3) is 5.91 Å². The Labute approximate surface area is 158 Å². The molecule has 0 saturated carbocycles. The summed E-state index contributed by atoms with van der Waals surface area (Å²) < 4.78 is 16.0. The van der Waals surface area contributed by atoms with Crippen LogP contribution in [0.5, 0.6) is 17.2 Å². The minimum absolute atomic E-state index is 0.257. The van der Waals surface area contributed by atoms with Gasteiger partial charge in [0, 0.05) is 6.54 Å². The van der Waals surface area contributed by atoms with Crippen molar-refractivity contribution in [2.45, 2.75) is 13.0 Å². The van der Waals surface area contributed by atoms with Crippen molar-refractivity contribution in [2.24, 2.45) is 5.73 Å². The molecule has 0 bridgehead atoms. The first-order valence-corrected chi connectivity index (χ1v) is 8.53. The molecule has 0 aliphatic carbocycles. The number of hydrogen-bond acceptors (Lipinski definition) is 5. The summed E-state index contributed by atoms with van der Waals surface area (Å²) in [5.41, 5.74) is 7.18. The quantitative estimate of drug-likeness (QED) is 0.621. The number of benzene rings is 2. The number of ether oxygens (including phenoxy) is 3. The van der Waals surface area contributed by atoms with Crippen LogP contribution in [-0.4, -0.2) is 33.3 Å². The average molecular weight is 379 g/mol. The molecular weight excluding hydrogens is 356 g/mol. The van der Waals surface area contributed by atoms with Gasteiger partial charge in [0.15, 0.2) is 18.1 Å². The first-order valence-electron chi connectivity index (χ1n) is 8.15. The number of rotatable bonds is 10. The van der Waals surface area contributed by atoms with Crippen molar-refractivity contribution in [3.63, 3.8) is 0 Å². The van der Waals surface area contributed by atoms with Crippen molar-refractivity contribution in [3.8, 4) is 17.2 Å². The SMILES string of the molecule is COc1ccccc1CCNCc1cc(Cl)c(OCC(N)=O)c(OC)c1. The molecule has 0 aliphatic rings. The monoisotopic (exact) mass is 378 g/mol. The summed E-state index contributed by atoms with van der Waals surface area (Å²) in [6, 6.07) is 11.5. The maximum absolute atomic E-state index is 10.9. The van der Waals surface area contributed by atoms with Gasteiger partial charge in [-0.1, -0.05) is 29.8 Å². The van der Waals surface area contributed by atoms with Gasteiger partial charge in [0.1, 0.15) is 5.75 Å². The molecule has 0 saturated heterocycles. The van der Waals surface area contributed by atoms with Crippen LogP contribution in [0.3, 0.4) is 0 Å². The lowest BCUT2D eigenvalue weighted by Gasteiger charge is -2.14. The lowest BCUT2D eigenvalue weighted by atomic mass is 10.1. The second-order valence-electron chi connectivity index (χ2n) is 5.60. The maximum atomic E-state index is 10.9. The van der Waals surface area contributed by atoms with E-state index in [1.165, 1.54) is 7.11 Å². The molecule has 7 heteroatoms. The Bertz CT molecular complexity index is 752. The third kappa shape index (κ3) is 5.54. The highest BCUT2D eigenvalue weighted by molar-refractivity contribution is 6.32. The molecule has 3 N–H and O–H groups in total. The van der Waals surface area contributed by atoms with Crippen LogP contribution in [-0.2, 0) is 17.8 Å². The minimum atomic E-state index is -0.579.